The maximum Gasteiger partial charge on any atom is 0.227 e. The Kier molecular flexibility index (Phi) is 5.21. The number of rotatable bonds is 5. The molecule has 0 spiro atoms. The molecule has 1 aromatic heterocycles. The molecule has 0 atom stereocenters. The number of aromatic amines is 1. The summed E-state index contributed by atoms with van der Waals surface area (Å²) in [6.45, 7) is 4.14. The van der Waals surface area contributed by atoms with E-state index in [1.54, 1.807) is 18.2 Å². The molecular weight excluding hydrogens is 341 g/mol. The fourth-order valence-corrected chi connectivity index (χ4v) is 3.75. The second kappa shape index (κ2) is 7.92. The lowest BCUT2D eigenvalue weighted by molar-refractivity contribution is -0.132. The van der Waals surface area contributed by atoms with E-state index in [-0.39, 0.29) is 18.1 Å². The van der Waals surface area contributed by atoms with Crippen molar-refractivity contribution < 1.29 is 9.18 Å². The van der Waals surface area contributed by atoms with Gasteiger partial charge in [0.1, 0.15) is 5.82 Å². The van der Waals surface area contributed by atoms with Gasteiger partial charge in [-0.2, -0.15) is 0 Å². The van der Waals surface area contributed by atoms with Crippen LogP contribution in [0.5, 0.6) is 0 Å². The number of hydrogen-bond donors (Lipinski definition) is 1. The Morgan fingerprint density at radius 2 is 1.70 bits per heavy atom. The minimum atomic E-state index is -0.303. The second-order valence-electron chi connectivity index (χ2n) is 7.10. The first kappa shape index (κ1) is 17.7. The van der Waals surface area contributed by atoms with E-state index in [9.17, 15) is 9.18 Å². The molecule has 1 aliphatic heterocycles. The van der Waals surface area contributed by atoms with Crippen LogP contribution in [0.3, 0.4) is 0 Å². The molecule has 0 radical (unpaired) electrons. The SMILES string of the molecule is O=C(Cc1ccccc1F)N1CCN(CCc2c[nH]c3ccccc23)CC1. The predicted octanol–water partition coefficient (Wildman–Crippen LogP) is 3.24. The highest BCUT2D eigenvalue weighted by Crippen LogP contribution is 2.18. The third-order valence-electron chi connectivity index (χ3n) is 5.40. The van der Waals surface area contributed by atoms with Gasteiger partial charge in [-0.3, -0.25) is 9.69 Å². The Labute approximate surface area is 158 Å². The fourth-order valence-electron chi connectivity index (χ4n) is 3.75. The summed E-state index contributed by atoms with van der Waals surface area (Å²) in [7, 11) is 0. The van der Waals surface area contributed by atoms with Crippen molar-refractivity contribution in [3.05, 3.63) is 71.7 Å². The lowest BCUT2D eigenvalue weighted by Gasteiger charge is -2.34. The average Bonchev–Trinajstić information content (AvgIpc) is 3.12. The highest BCUT2D eigenvalue weighted by Gasteiger charge is 2.21. The second-order valence-corrected chi connectivity index (χ2v) is 7.10. The normalized spacial score (nSPS) is 15.4. The van der Waals surface area contributed by atoms with Crippen LogP contribution in [0.15, 0.2) is 54.7 Å². The number of amides is 1. The van der Waals surface area contributed by atoms with E-state index < -0.39 is 0 Å². The molecule has 4 nitrogen and oxygen atoms in total. The summed E-state index contributed by atoms with van der Waals surface area (Å²) in [5.41, 5.74) is 2.99. The molecule has 1 fully saturated rings. The van der Waals surface area contributed by atoms with Gasteiger partial charge in [-0.05, 0) is 29.7 Å². The van der Waals surface area contributed by atoms with Gasteiger partial charge in [-0.1, -0.05) is 36.4 Å². The highest BCUT2D eigenvalue weighted by atomic mass is 19.1. The van der Waals surface area contributed by atoms with Crippen molar-refractivity contribution in [3.8, 4) is 0 Å². The molecule has 0 bridgehead atoms. The third kappa shape index (κ3) is 4.03. The summed E-state index contributed by atoms with van der Waals surface area (Å²) in [4.78, 5) is 20.0. The largest absolute Gasteiger partial charge is 0.361 e. The van der Waals surface area contributed by atoms with E-state index in [2.05, 4.69) is 34.3 Å². The molecule has 1 saturated heterocycles. The molecule has 27 heavy (non-hydrogen) atoms. The Hall–Kier alpha value is -2.66. The number of carbonyl (C=O) groups is 1. The third-order valence-corrected chi connectivity index (χ3v) is 5.40. The van der Waals surface area contributed by atoms with Crippen LogP contribution >= 0.6 is 0 Å². The van der Waals surface area contributed by atoms with Gasteiger partial charge >= 0.3 is 0 Å². The summed E-state index contributed by atoms with van der Waals surface area (Å²) in [6.07, 6.45) is 3.23. The zero-order valence-electron chi connectivity index (χ0n) is 15.3. The minimum Gasteiger partial charge on any atom is -0.361 e. The molecule has 1 amide bonds. The molecular formula is C22H24FN3O. The molecule has 140 valence electrons. The van der Waals surface area contributed by atoms with Crippen LogP contribution in [-0.4, -0.2) is 53.4 Å². The summed E-state index contributed by atoms with van der Waals surface area (Å²) in [6, 6.07) is 14.9. The number of fused-ring (bicyclic) bond motifs is 1. The van der Waals surface area contributed by atoms with E-state index >= 15 is 0 Å². The van der Waals surface area contributed by atoms with Crippen LogP contribution in [0.1, 0.15) is 11.1 Å². The standard InChI is InChI=1S/C22H24FN3O/c23-20-7-3-1-5-17(20)15-22(27)26-13-11-25(12-14-26)10-9-18-16-24-21-8-4-2-6-19(18)21/h1-8,16,24H,9-15H2. The minimum absolute atomic E-state index is 0.0105. The van der Waals surface area contributed by atoms with Gasteiger partial charge < -0.3 is 9.88 Å². The number of nitrogens with one attached hydrogen (secondary N) is 1. The van der Waals surface area contributed by atoms with Gasteiger partial charge in [0, 0.05) is 49.8 Å². The zero-order valence-corrected chi connectivity index (χ0v) is 15.3. The Bertz CT molecular complexity index is 928. The van der Waals surface area contributed by atoms with E-state index in [4.69, 9.17) is 0 Å². The number of nitrogens with zero attached hydrogens (tertiary/aromatic N) is 2. The summed E-state index contributed by atoms with van der Waals surface area (Å²) in [5, 5.41) is 1.29. The molecule has 1 N–H and O–H groups in total. The lowest BCUT2D eigenvalue weighted by Crippen LogP contribution is -2.49. The first-order valence-electron chi connectivity index (χ1n) is 9.49. The molecule has 0 aliphatic carbocycles. The summed E-state index contributed by atoms with van der Waals surface area (Å²) >= 11 is 0. The quantitative estimate of drug-likeness (QED) is 0.754. The van der Waals surface area contributed by atoms with Gasteiger partial charge in [-0.25, -0.2) is 4.39 Å². The molecule has 0 saturated carbocycles. The molecule has 5 heteroatoms. The Morgan fingerprint density at radius 3 is 2.52 bits per heavy atom. The molecule has 2 heterocycles. The first-order chi connectivity index (χ1) is 13.2. The molecule has 0 unspecified atom stereocenters. The number of para-hydroxylation sites is 1. The predicted molar refractivity (Wildman–Crippen MR) is 105 cm³/mol. The number of H-pyrrole nitrogens is 1. The van der Waals surface area contributed by atoms with Crippen molar-refractivity contribution in [1.29, 1.82) is 0 Å². The number of piperazine rings is 1. The fraction of sp³-hybridized carbons (Fsp3) is 0.318. The van der Waals surface area contributed by atoms with Gasteiger partial charge in [0.2, 0.25) is 5.91 Å². The maximum absolute atomic E-state index is 13.7. The van der Waals surface area contributed by atoms with Crippen molar-refractivity contribution >= 4 is 16.8 Å². The van der Waals surface area contributed by atoms with E-state index in [1.807, 2.05) is 11.0 Å². The van der Waals surface area contributed by atoms with Crippen LogP contribution in [0.2, 0.25) is 0 Å². The monoisotopic (exact) mass is 365 g/mol. The average molecular weight is 365 g/mol. The van der Waals surface area contributed by atoms with Crippen molar-refractivity contribution in [2.45, 2.75) is 12.8 Å². The smallest absolute Gasteiger partial charge is 0.227 e. The summed E-state index contributed by atoms with van der Waals surface area (Å²) in [5.74, 6) is -0.292. The van der Waals surface area contributed by atoms with Crippen molar-refractivity contribution in [2.24, 2.45) is 0 Å². The molecule has 1 aliphatic rings. The van der Waals surface area contributed by atoms with Crippen LogP contribution in [0.4, 0.5) is 4.39 Å². The Balaban J connectivity index is 1.27. The van der Waals surface area contributed by atoms with Gasteiger partial charge in [0.05, 0.1) is 6.42 Å². The lowest BCUT2D eigenvalue weighted by atomic mass is 10.1. The molecule has 4 rings (SSSR count). The topological polar surface area (TPSA) is 39.3 Å². The number of aromatic nitrogens is 1. The van der Waals surface area contributed by atoms with Crippen LogP contribution in [0, 0.1) is 5.82 Å². The van der Waals surface area contributed by atoms with E-state index in [0.29, 0.717) is 18.7 Å². The summed E-state index contributed by atoms with van der Waals surface area (Å²) < 4.78 is 13.7. The molecule has 2 aromatic carbocycles. The van der Waals surface area contributed by atoms with Gasteiger partial charge in [-0.15, -0.1) is 0 Å². The molecule has 3 aromatic rings. The number of carbonyl (C=O) groups excluding carboxylic acids is 1. The van der Waals surface area contributed by atoms with E-state index in [0.717, 1.165) is 26.1 Å². The van der Waals surface area contributed by atoms with Gasteiger partial charge in [0.25, 0.3) is 0 Å². The van der Waals surface area contributed by atoms with E-state index in [1.165, 1.54) is 22.5 Å². The van der Waals surface area contributed by atoms with Crippen LogP contribution in [0.25, 0.3) is 10.9 Å². The first-order valence-corrected chi connectivity index (χ1v) is 9.49. The number of benzene rings is 2. The van der Waals surface area contributed by atoms with Gasteiger partial charge in [0.15, 0.2) is 0 Å². The zero-order chi connectivity index (χ0) is 18.6. The van der Waals surface area contributed by atoms with Crippen molar-refractivity contribution in [2.75, 3.05) is 32.7 Å². The Morgan fingerprint density at radius 1 is 0.963 bits per heavy atom. The number of halogens is 1. The maximum atomic E-state index is 13.7. The number of hydrogen-bond acceptors (Lipinski definition) is 2. The van der Waals surface area contributed by atoms with Crippen molar-refractivity contribution in [3.63, 3.8) is 0 Å². The van der Waals surface area contributed by atoms with Crippen LogP contribution in [-0.2, 0) is 17.6 Å². The van der Waals surface area contributed by atoms with Crippen molar-refractivity contribution in [1.82, 2.24) is 14.8 Å². The van der Waals surface area contributed by atoms with Crippen LogP contribution < -0.4 is 0 Å². The highest BCUT2D eigenvalue weighted by molar-refractivity contribution is 5.83.